The lowest BCUT2D eigenvalue weighted by atomic mass is 10.1. The average Bonchev–Trinajstić information content (AvgIpc) is 3.36. The molecule has 0 aliphatic rings. The van der Waals surface area contributed by atoms with E-state index in [9.17, 15) is 22.8 Å². The van der Waals surface area contributed by atoms with Crippen molar-refractivity contribution in [2.45, 2.75) is 17.7 Å². The molecular formula is C27H22ClN5O5S2. The average molecular weight is 596 g/mol. The van der Waals surface area contributed by atoms with E-state index in [0.29, 0.717) is 17.4 Å². The molecule has 5 rings (SSSR count). The Balaban J connectivity index is 1.31. The molecule has 0 fully saturated rings. The molecule has 40 heavy (non-hydrogen) atoms. The van der Waals surface area contributed by atoms with Crippen LogP contribution in [0.5, 0.6) is 0 Å². The Labute approximate surface area is 237 Å². The third-order valence-corrected chi connectivity index (χ3v) is 8.99. The highest BCUT2D eigenvalue weighted by atomic mass is 35.5. The Hall–Kier alpha value is -4.39. The van der Waals surface area contributed by atoms with Crippen molar-refractivity contribution in [1.82, 2.24) is 14.3 Å². The molecule has 2 heterocycles. The lowest BCUT2D eigenvalue weighted by Gasteiger charge is -2.11. The topological polar surface area (TPSA) is 142 Å². The van der Waals surface area contributed by atoms with E-state index in [1.807, 2.05) is 35.9 Å². The van der Waals surface area contributed by atoms with E-state index in [1.54, 1.807) is 18.2 Å². The minimum Gasteiger partial charge on any atom is -0.381 e. The highest BCUT2D eigenvalue weighted by Crippen LogP contribution is 2.25. The smallest absolute Gasteiger partial charge is 0.333 e. The van der Waals surface area contributed by atoms with E-state index in [4.69, 9.17) is 11.6 Å². The molecule has 0 saturated heterocycles. The number of thiophene rings is 1. The molecule has 0 spiro atoms. The summed E-state index contributed by atoms with van der Waals surface area (Å²) in [6.45, 7) is 2.60. The molecule has 10 nitrogen and oxygen atoms in total. The third-order valence-electron chi connectivity index (χ3n) is 5.94. The number of halogens is 1. The molecule has 0 aliphatic carbocycles. The number of anilines is 2. The van der Waals surface area contributed by atoms with Crippen LogP contribution in [-0.4, -0.2) is 24.0 Å². The molecule has 0 atom stereocenters. The number of carbonyl (C=O) groups excluding carboxylic acids is 1. The van der Waals surface area contributed by atoms with Crippen LogP contribution >= 0.6 is 22.9 Å². The number of fused-ring (bicyclic) bond motifs is 1. The summed E-state index contributed by atoms with van der Waals surface area (Å²) in [5.41, 5.74) is 2.78. The summed E-state index contributed by atoms with van der Waals surface area (Å²) in [4.78, 5) is 41.0. The Morgan fingerprint density at radius 1 is 0.950 bits per heavy atom. The molecule has 0 aliphatic heterocycles. The van der Waals surface area contributed by atoms with Gasteiger partial charge in [0.1, 0.15) is 4.21 Å². The molecule has 204 valence electrons. The van der Waals surface area contributed by atoms with Gasteiger partial charge < -0.3 is 15.6 Å². The molecular weight excluding hydrogens is 574 g/mol. The Morgan fingerprint density at radius 3 is 2.33 bits per heavy atom. The van der Waals surface area contributed by atoms with Gasteiger partial charge in [0.25, 0.3) is 15.6 Å². The lowest BCUT2D eigenvalue weighted by molar-refractivity contribution is 0.256. The van der Waals surface area contributed by atoms with Gasteiger partial charge in [-0.1, -0.05) is 41.4 Å². The molecule has 0 radical (unpaired) electrons. The first-order chi connectivity index (χ1) is 19.1. The predicted octanol–water partition coefficient (Wildman–Crippen LogP) is 4.82. The number of benzene rings is 3. The van der Waals surface area contributed by atoms with Gasteiger partial charge in [-0.15, -0.1) is 11.3 Å². The van der Waals surface area contributed by atoms with Gasteiger partial charge in [0.05, 0.1) is 20.9 Å². The maximum absolute atomic E-state index is 13.2. The van der Waals surface area contributed by atoms with Crippen LogP contribution in [0.3, 0.4) is 0 Å². The molecule has 0 unspecified atom stereocenters. The Morgan fingerprint density at radius 2 is 1.65 bits per heavy atom. The number of hydrogen-bond acceptors (Lipinski definition) is 7. The summed E-state index contributed by atoms with van der Waals surface area (Å²) >= 11 is 6.59. The van der Waals surface area contributed by atoms with E-state index in [2.05, 4.69) is 15.6 Å². The molecule has 13 heteroatoms. The summed E-state index contributed by atoms with van der Waals surface area (Å²) in [5.74, 6) is 0. The van der Waals surface area contributed by atoms with E-state index < -0.39 is 27.3 Å². The van der Waals surface area contributed by atoms with Crippen LogP contribution < -0.4 is 26.6 Å². The second-order valence-electron chi connectivity index (χ2n) is 8.84. The standard InChI is InChI=1S/C27H22ClN5O5S2/c1-16-2-4-17(5-3-16)15-29-19-8-11-21-22(14-19)31-27(36)33(25(21)34)20-9-6-18(7-10-20)30-26(35)32-40(37,38)24-13-12-23(28)39-24/h2-14,29H,15H2,1H3,(H,31,36)(H2,30,32,35). The van der Waals surface area contributed by atoms with E-state index in [0.717, 1.165) is 27.2 Å². The van der Waals surface area contributed by atoms with Crippen molar-refractivity contribution in [2.24, 2.45) is 0 Å². The quantitative estimate of drug-likeness (QED) is 0.212. The summed E-state index contributed by atoms with van der Waals surface area (Å²) in [7, 11) is -4.09. The van der Waals surface area contributed by atoms with Gasteiger partial charge in [0.2, 0.25) is 0 Å². The van der Waals surface area contributed by atoms with Crippen molar-refractivity contribution < 1.29 is 13.2 Å². The van der Waals surface area contributed by atoms with Gasteiger partial charge in [-0.25, -0.2) is 27.3 Å². The summed E-state index contributed by atoms with van der Waals surface area (Å²) in [6.07, 6.45) is 0. The SMILES string of the molecule is Cc1ccc(CNc2ccc3c(=O)n(-c4ccc(NC(=O)NS(=O)(=O)c5ccc(Cl)s5)cc4)c(=O)[nH]c3c2)cc1. The highest BCUT2D eigenvalue weighted by molar-refractivity contribution is 7.92. The molecule has 4 N–H and O–H groups in total. The first-order valence-electron chi connectivity index (χ1n) is 11.9. The van der Waals surface area contributed by atoms with Crippen LogP contribution in [0, 0.1) is 6.92 Å². The number of rotatable bonds is 7. The molecule has 0 bridgehead atoms. The Bertz CT molecular complexity index is 1950. The molecule has 2 aromatic heterocycles. The minimum atomic E-state index is -4.09. The summed E-state index contributed by atoms with van der Waals surface area (Å²) in [5, 5.41) is 6.02. The third kappa shape index (κ3) is 5.93. The Kier molecular flexibility index (Phi) is 7.48. The van der Waals surface area contributed by atoms with Gasteiger partial charge in [0, 0.05) is 17.9 Å². The van der Waals surface area contributed by atoms with Gasteiger partial charge >= 0.3 is 11.7 Å². The summed E-state index contributed by atoms with van der Waals surface area (Å²) in [6, 6.07) is 20.8. The zero-order chi connectivity index (χ0) is 28.4. The molecule has 5 aromatic rings. The molecule has 2 amide bonds. The first kappa shape index (κ1) is 27.2. The van der Waals surface area contributed by atoms with Crippen LogP contribution in [0.2, 0.25) is 4.34 Å². The second kappa shape index (κ2) is 11.0. The van der Waals surface area contributed by atoms with Crippen LogP contribution in [0.4, 0.5) is 16.2 Å². The van der Waals surface area contributed by atoms with Gasteiger partial charge in [0.15, 0.2) is 0 Å². The zero-order valence-electron chi connectivity index (χ0n) is 20.9. The number of amides is 2. The van der Waals surface area contributed by atoms with E-state index >= 15 is 0 Å². The second-order valence-corrected chi connectivity index (χ2v) is 12.5. The fourth-order valence-corrected chi connectivity index (χ4v) is 6.33. The fourth-order valence-electron chi connectivity index (χ4n) is 3.94. The van der Waals surface area contributed by atoms with Crippen molar-refractivity contribution in [1.29, 1.82) is 0 Å². The van der Waals surface area contributed by atoms with Crippen LogP contribution in [0.15, 0.2) is 92.7 Å². The number of sulfonamides is 1. The van der Waals surface area contributed by atoms with Crippen molar-refractivity contribution in [3.05, 3.63) is 115 Å². The largest absolute Gasteiger partial charge is 0.381 e. The number of aryl methyl sites for hydroxylation is 1. The van der Waals surface area contributed by atoms with E-state index in [1.165, 1.54) is 42.0 Å². The maximum Gasteiger partial charge on any atom is 0.333 e. The lowest BCUT2D eigenvalue weighted by Crippen LogP contribution is -2.34. The normalized spacial score (nSPS) is 11.3. The number of aromatic amines is 1. The fraction of sp³-hybridized carbons (Fsp3) is 0.0741. The van der Waals surface area contributed by atoms with Gasteiger partial charge in [-0.2, -0.15) is 0 Å². The van der Waals surface area contributed by atoms with Crippen molar-refractivity contribution in [3.8, 4) is 5.69 Å². The number of hydrogen-bond donors (Lipinski definition) is 4. The van der Waals surface area contributed by atoms with Crippen molar-refractivity contribution >= 4 is 61.3 Å². The number of nitrogens with one attached hydrogen (secondary N) is 4. The van der Waals surface area contributed by atoms with Crippen LogP contribution in [0.1, 0.15) is 11.1 Å². The van der Waals surface area contributed by atoms with Gasteiger partial charge in [-0.05, 0) is 67.1 Å². The first-order valence-corrected chi connectivity index (χ1v) is 14.5. The highest BCUT2D eigenvalue weighted by Gasteiger charge is 2.20. The van der Waals surface area contributed by atoms with Crippen molar-refractivity contribution in [2.75, 3.05) is 10.6 Å². The minimum absolute atomic E-state index is 0.105. The van der Waals surface area contributed by atoms with Crippen molar-refractivity contribution in [3.63, 3.8) is 0 Å². The van der Waals surface area contributed by atoms with Crippen LogP contribution in [0.25, 0.3) is 16.6 Å². The number of carbonyl (C=O) groups is 1. The van der Waals surface area contributed by atoms with E-state index in [-0.39, 0.29) is 19.9 Å². The maximum atomic E-state index is 13.2. The monoisotopic (exact) mass is 595 g/mol. The number of H-pyrrole nitrogens is 1. The number of aromatic nitrogens is 2. The predicted molar refractivity (Wildman–Crippen MR) is 157 cm³/mol. The number of nitrogens with zero attached hydrogens (tertiary/aromatic N) is 1. The summed E-state index contributed by atoms with van der Waals surface area (Å²) < 4.78 is 27.7. The molecule has 0 saturated carbocycles. The molecule has 3 aromatic carbocycles. The number of urea groups is 1. The zero-order valence-corrected chi connectivity index (χ0v) is 23.3. The van der Waals surface area contributed by atoms with Gasteiger partial charge in [-0.3, -0.25) is 4.79 Å². The van der Waals surface area contributed by atoms with Crippen LogP contribution in [-0.2, 0) is 16.6 Å².